The van der Waals surface area contributed by atoms with E-state index in [-0.39, 0.29) is 0 Å². The lowest BCUT2D eigenvalue weighted by atomic mass is 10.2. The van der Waals surface area contributed by atoms with E-state index in [9.17, 15) is 0 Å². The molecule has 0 radical (unpaired) electrons. The molecule has 0 bridgehead atoms. The van der Waals surface area contributed by atoms with Crippen LogP contribution in [0.5, 0.6) is 0 Å². The number of hydrogen-bond donors (Lipinski definition) is 1. The average molecular weight is 262 g/mol. The molecular formula is C16H26N2O. The molecule has 1 aromatic heterocycles. The summed E-state index contributed by atoms with van der Waals surface area (Å²) in [5, 5.41) is 3.53. The quantitative estimate of drug-likeness (QED) is 0.853. The highest BCUT2D eigenvalue weighted by molar-refractivity contribution is 5.20. The summed E-state index contributed by atoms with van der Waals surface area (Å²) < 4.78 is 6.02. The highest BCUT2D eigenvalue weighted by atomic mass is 16.3. The molecule has 2 saturated carbocycles. The van der Waals surface area contributed by atoms with Gasteiger partial charge in [-0.15, -0.1) is 0 Å². The summed E-state index contributed by atoms with van der Waals surface area (Å²) in [6.07, 6.45) is 8.15. The van der Waals surface area contributed by atoms with Crippen LogP contribution in [0.15, 0.2) is 10.5 Å². The van der Waals surface area contributed by atoms with E-state index in [2.05, 4.69) is 30.3 Å². The molecule has 2 aliphatic rings. The van der Waals surface area contributed by atoms with Gasteiger partial charge in [0.15, 0.2) is 0 Å². The topological polar surface area (TPSA) is 28.4 Å². The van der Waals surface area contributed by atoms with Crippen molar-refractivity contribution >= 4 is 0 Å². The van der Waals surface area contributed by atoms with Gasteiger partial charge in [-0.3, -0.25) is 4.90 Å². The van der Waals surface area contributed by atoms with Crippen molar-refractivity contribution in [2.45, 2.75) is 70.6 Å². The van der Waals surface area contributed by atoms with Crippen LogP contribution >= 0.6 is 0 Å². The SMILES string of the molecule is Cc1cc(CN(C)C2CCCC2)oc1CNC1CC1. The summed E-state index contributed by atoms with van der Waals surface area (Å²) in [7, 11) is 2.23. The smallest absolute Gasteiger partial charge is 0.120 e. The zero-order valence-electron chi connectivity index (χ0n) is 12.2. The molecule has 2 aliphatic carbocycles. The Bertz CT molecular complexity index is 416. The third-order valence-corrected chi connectivity index (χ3v) is 4.55. The molecule has 0 amide bonds. The van der Waals surface area contributed by atoms with Crippen LogP contribution in [-0.4, -0.2) is 24.0 Å². The van der Waals surface area contributed by atoms with Crippen LogP contribution in [0.2, 0.25) is 0 Å². The molecule has 3 heteroatoms. The van der Waals surface area contributed by atoms with Crippen LogP contribution in [0.3, 0.4) is 0 Å². The molecule has 19 heavy (non-hydrogen) atoms. The minimum absolute atomic E-state index is 0.745. The number of nitrogens with one attached hydrogen (secondary N) is 1. The zero-order valence-corrected chi connectivity index (χ0v) is 12.2. The van der Waals surface area contributed by atoms with Crippen molar-refractivity contribution in [3.8, 4) is 0 Å². The lowest BCUT2D eigenvalue weighted by molar-refractivity contribution is 0.217. The molecule has 1 aromatic rings. The second-order valence-electron chi connectivity index (χ2n) is 6.33. The summed E-state index contributed by atoms with van der Waals surface area (Å²) in [6, 6.07) is 3.72. The van der Waals surface area contributed by atoms with Gasteiger partial charge in [0.25, 0.3) is 0 Å². The first-order valence-corrected chi connectivity index (χ1v) is 7.74. The monoisotopic (exact) mass is 262 g/mol. The van der Waals surface area contributed by atoms with E-state index in [1.165, 1.54) is 44.1 Å². The van der Waals surface area contributed by atoms with Crippen molar-refractivity contribution in [3.63, 3.8) is 0 Å². The first-order valence-electron chi connectivity index (χ1n) is 7.74. The van der Waals surface area contributed by atoms with Crippen molar-refractivity contribution in [2.75, 3.05) is 7.05 Å². The van der Waals surface area contributed by atoms with Crippen LogP contribution in [0.25, 0.3) is 0 Å². The van der Waals surface area contributed by atoms with Crippen LogP contribution in [-0.2, 0) is 13.1 Å². The predicted octanol–water partition coefficient (Wildman–Crippen LogP) is 3.21. The number of aryl methyl sites for hydroxylation is 1. The van der Waals surface area contributed by atoms with E-state index >= 15 is 0 Å². The van der Waals surface area contributed by atoms with Gasteiger partial charge in [0.1, 0.15) is 11.5 Å². The van der Waals surface area contributed by atoms with Crippen molar-refractivity contribution in [3.05, 3.63) is 23.2 Å². The number of hydrogen-bond acceptors (Lipinski definition) is 3. The summed E-state index contributed by atoms with van der Waals surface area (Å²) in [6.45, 7) is 4.01. The molecular weight excluding hydrogens is 236 g/mol. The van der Waals surface area contributed by atoms with E-state index in [0.717, 1.165) is 36.7 Å². The van der Waals surface area contributed by atoms with Gasteiger partial charge in [-0.1, -0.05) is 12.8 Å². The number of nitrogens with zero attached hydrogens (tertiary/aromatic N) is 1. The first-order chi connectivity index (χ1) is 9.22. The van der Waals surface area contributed by atoms with E-state index in [0.29, 0.717) is 0 Å². The summed E-state index contributed by atoms with van der Waals surface area (Å²) >= 11 is 0. The molecule has 0 aromatic carbocycles. The molecule has 0 unspecified atom stereocenters. The normalized spacial score (nSPS) is 20.6. The Morgan fingerprint density at radius 2 is 2.00 bits per heavy atom. The highest BCUT2D eigenvalue weighted by Gasteiger charge is 2.22. The second kappa shape index (κ2) is 5.68. The van der Waals surface area contributed by atoms with Crippen LogP contribution in [0, 0.1) is 6.92 Å². The van der Waals surface area contributed by atoms with Crippen LogP contribution in [0.4, 0.5) is 0 Å². The van der Waals surface area contributed by atoms with Gasteiger partial charge in [-0.2, -0.15) is 0 Å². The zero-order chi connectivity index (χ0) is 13.2. The van der Waals surface area contributed by atoms with Gasteiger partial charge < -0.3 is 9.73 Å². The maximum absolute atomic E-state index is 6.02. The predicted molar refractivity (Wildman–Crippen MR) is 77.0 cm³/mol. The van der Waals surface area contributed by atoms with Gasteiger partial charge in [0.2, 0.25) is 0 Å². The number of furan rings is 1. The fourth-order valence-electron chi connectivity index (χ4n) is 3.09. The minimum Gasteiger partial charge on any atom is -0.463 e. The van der Waals surface area contributed by atoms with E-state index in [1.54, 1.807) is 0 Å². The highest BCUT2D eigenvalue weighted by Crippen LogP contribution is 2.25. The molecule has 0 aliphatic heterocycles. The molecule has 106 valence electrons. The number of rotatable bonds is 6. The van der Waals surface area contributed by atoms with Gasteiger partial charge in [0.05, 0.1) is 13.1 Å². The lowest BCUT2D eigenvalue weighted by Gasteiger charge is -2.22. The average Bonchev–Trinajstić information content (AvgIpc) is 2.91. The molecule has 0 atom stereocenters. The largest absolute Gasteiger partial charge is 0.463 e. The first kappa shape index (κ1) is 13.2. The summed E-state index contributed by atoms with van der Waals surface area (Å²) in [5.41, 5.74) is 1.29. The molecule has 3 rings (SSSR count). The summed E-state index contributed by atoms with van der Waals surface area (Å²) in [4.78, 5) is 2.46. The second-order valence-corrected chi connectivity index (χ2v) is 6.33. The standard InChI is InChI=1S/C16H26N2O/c1-12-9-15(11-18(2)14-5-3-4-6-14)19-16(12)10-17-13-7-8-13/h9,13-14,17H,3-8,10-11H2,1-2H3. The van der Waals surface area contributed by atoms with Crippen molar-refractivity contribution < 1.29 is 4.42 Å². The Morgan fingerprint density at radius 3 is 2.68 bits per heavy atom. The maximum Gasteiger partial charge on any atom is 0.120 e. The van der Waals surface area contributed by atoms with Gasteiger partial charge >= 0.3 is 0 Å². The Hall–Kier alpha value is -0.800. The van der Waals surface area contributed by atoms with Crippen LogP contribution in [0.1, 0.15) is 55.6 Å². The van der Waals surface area contributed by atoms with Crippen molar-refractivity contribution in [1.82, 2.24) is 10.2 Å². The molecule has 1 N–H and O–H groups in total. The van der Waals surface area contributed by atoms with Crippen LogP contribution < -0.4 is 5.32 Å². The summed E-state index contributed by atoms with van der Waals surface area (Å²) in [5.74, 6) is 2.25. The molecule has 0 spiro atoms. The Morgan fingerprint density at radius 1 is 1.26 bits per heavy atom. The molecule has 1 heterocycles. The van der Waals surface area contributed by atoms with Gasteiger partial charge in [-0.25, -0.2) is 0 Å². The Balaban J connectivity index is 1.55. The van der Waals surface area contributed by atoms with E-state index in [1.807, 2.05) is 0 Å². The third kappa shape index (κ3) is 3.40. The molecule has 0 saturated heterocycles. The lowest BCUT2D eigenvalue weighted by Crippen LogP contribution is -2.28. The fraction of sp³-hybridized carbons (Fsp3) is 0.750. The van der Waals surface area contributed by atoms with Gasteiger partial charge in [-0.05, 0) is 51.3 Å². The van der Waals surface area contributed by atoms with E-state index < -0.39 is 0 Å². The Kier molecular flexibility index (Phi) is 3.94. The minimum atomic E-state index is 0.745. The van der Waals surface area contributed by atoms with E-state index in [4.69, 9.17) is 4.42 Å². The Labute approximate surface area is 116 Å². The van der Waals surface area contributed by atoms with Crippen molar-refractivity contribution in [2.24, 2.45) is 0 Å². The van der Waals surface area contributed by atoms with Crippen molar-refractivity contribution in [1.29, 1.82) is 0 Å². The van der Waals surface area contributed by atoms with Gasteiger partial charge in [0, 0.05) is 12.1 Å². The third-order valence-electron chi connectivity index (χ3n) is 4.55. The maximum atomic E-state index is 6.02. The molecule has 3 nitrogen and oxygen atoms in total. The molecule has 2 fully saturated rings. The fourth-order valence-corrected chi connectivity index (χ4v) is 3.09.